The molecule has 2 aromatic heterocycles. The SMILES string of the molecule is CCn1nc(C)c(Cl)c1CC(N)c1ccsc1. The van der Waals surface area contributed by atoms with E-state index in [1.54, 1.807) is 11.3 Å². The lowest BCUT2D eigenvalue weighted by Crippen LogP contribution is -2.15. The summed E-state index contributed by atoms with van der Waals surface area (Å²) >= 11 is 7.92. The Morgan fingerprint density at radius 1 is 1.59 bits per heavy atom. The molecule has 2 N–H and O–H groups in total. The molecule has 5 heteroatoms. The lowest BCUT2D eigenvalue weighted by atomic mass is 10.1. The number of hydrogen-bond acceptors (Lipinski definition) is 3. The van der Waals surface area contributed by atoms with Gasteiger partial charge < -0.3 is 5.73 Å². The Morgan fingerprint density at radius 3 is 2.94 bits per heavy atom. The van der Waals surface area contributed by atoms with Crippen LogP contribution < -0.4 is 5.73 Å². The highest BCUT2D eigenvalue weighted by molar-refractivity contribution is 7.07. The fourth-order valence-electron chi connectivity index (χ4n) is 1.88. The molecule has 0 aliphatic heterocycles. The second-order valence-electron chi connectivity index (χ2n) is 4.03. The summed E-state index contributed by atoms with van der Waals surface area (Å²) in [6.07, 6.45) is 0.726. The van der Waals surface area contributed by atoms with E-state index in [0.29, 0.717) is 0 Å². The highest BCUT2D eigenvalue weighted by Crippen LogP contribution is 2.25. The van der Waals surface area contributed by atoms with Crippen LogP contribution in [0.15, 0.2) is 16.8 Å². The van der Waals surface area contributed by atoms with Crippen molar-refractivity contribution in [2.75, 3.05) is 0 Å². The van der Waals surface area contributed by atoms with E-state index in [4.69, 9.17) is 17.3 Å². The number of aromatic nitrogens is 2. The summed E-state index contributed by atoms with van der Waals surface area (Å²) in [4.78, 5) is 0. The molecule has 0 bridgehead atoms. The Kier molecular flexibility index (Phi) is 3.86. The summed E-state index contributed by atoms with van der Waals surface area (Å²) in [5.41, 5.74) is 9.25. The average Bonchev–Trinajstić information content (AvgIpc) is 2.92. The largest absolute Gasteiger partial charge is 0.324 e. The van der Waals surface area contributed by atoms with Crippen LogP contribution in [0.25, 0.3) is 0 Å². The van der Waals surface area contributed by atoms with Crippen LogP contribution in [-0.4, -0.2) is 9.78 Å². The van der Waals surface area contributed by atoms with E-state index in [1.165, 1.54) is 0 Å². The van der Waals surface area contributed by atoms with Crippen molar-refractivity contribution >= 4 is 22.9 Å². The number of hydrogen-bond donors (Lipinski definition) is 1. The first-order valence-corrected chi connectivity index (χ1v) is 6.95. The van der Waals surface area contributed by atoms with E-state index in [0.717, 1.165) is 34.9 Å². The van der Waals surface area contributed by atoms with Gasteiger partial charge in [-0.3, -0.25) is 4.68 Å². The molecule has 1 unspecified atom stereocenters. The molecule has 17 heavy (non-hydrogen) atoms. The van der Waals surface area contributed by atoms with Gasteiger partial charge >= 0.3 is 0 Å². The Bertz CT molecular complexity index is 490. The van der Waals surface area contributed by atoms with Crippen LogP contribution >= 0.6 is 22.9 Å². The first kappa shape index (κ1) is 12.6. The molecular weight excluding hydrogens is 254 g/mol. The number of nitrogens with zero attached hydrogens (tertiary/aromatic N) is 2. The molecule has 1 atom stereocenters. The van der Waals surface area contributed by atoms with Gasteiger partial charge in [0.25, 0.3) is 0 Å². The van der Waals surface area contributed by atoms with E-state index >= 15 is 0 Å². The zero-order chi connectivity index (χ0) is 12.4. The normalized spacial score (nSPS) is 12.9. The second kappa shape index (κ2) is 5.21. The maximum absolute atomic E-state index is 6.26. The summed E-state index contributed by atoms with van der Waals surface area (Å²) in [6.45, 7) is 4.80. The minimum absolute atomic E-state index is 0.0138. The molecule has 2 rings (SSSR count). The van der Waals surface area contributed by atoms with Gasteiger partial charge in [-0.2, -0.15) is 16.4 Å². The molecular formula is C12H16ClN3S. The topological polar surface area (TPSA) is 43.8 Å². The lowest BCUT2D eigenvalue weighted by molar-refractivity contribution is 0.588. The standard InChI is InChI=1S/C12H16ClN3S/c1-3-16-11(12(13)8(2)15-16)6-10(14)9-4-5-17-7-9/h4-5,7,10H,3,6,14H2,1-2H3. The van der Waals surface area contributed by atoms with Crippen molar-refractivity contribution in [1.29, 1.82) is 0 Å². The maximum Gasteiger partial charge on any atom is 0.0847 e. The van der Waals surface area contributed by atoms with Gasteiger partial charge in [-0.25, -0.2) is 0 Å². The van der Waals surface area contributed by atoms with Crippen molar-refractivity contribution in [3.8, 4) is 0 Å². The Hall–Kier alpha value is -0.840. The number of thiophene rings is 1. The van der Waals surface area contributed by atoms with Crippen molar-refractivity contribution in [3.05, 3.63) is 38.8 Å². The van der Waals surface area contributed by atoms with Gasteiger partial charge in [-0.15, -0.1) is 0 Å². The van der Waals surface area contributed by atoms with E-state index in [9.17, 15) is 0 Å². The predicted octanol–water partition coefficient (Wildman–Crippen LogP) is 3.17. The molecule has 0 radical (unpaired) electrons. The molecule has 2 heterocycles. The quantitative estimate of drug-likeness (QED) is 0.927. The highest BCUT2D eigenvalue weighted by Gasteiger charge is 2.16. The van der Waals surface area contributed by atoms with E-state index in [-0.39, 0.29) is 6.04 Å². The van der Waals surface area contributed by atoms with Gasteiger partial charge in [0.05, 0.1) is 16.4 Å². The number of rotatable bonds is 4. The van der Waals surface area contributed by atoms with E-state index < -0.39 is 0 Å². The van der Waals surface area contributed by atoms with Crippen molar-refractivity contribution in [3.63, 3.8) is 0 Å². The molecule has 0 saturated carbocycles. The zero-order valence-corrected chi connectivity index (χ0v) is 11.6. The number of halogens is 1. The zero-order valence-electron chi connectivity index (χ0n) is 9.98. The Labute approximate surface area is 110 Å². The molecule has 0 saturated heterocycles. The lowest BCUT2D eigenvalue weighted by Gasteiger charge is -2.11. The summed E-state index contributed by atoms with van der Waals surface area (Å²) in [5.74, 6) is 0. The molecule has 0 aliphatic rings. The number of nitrogens with two attached hydrogens (primary N) is 1. The van der Waals surface area contributed by atoms with Gasteiger partial charge in [0.15, 0.2) is 0 Å². The van der Waals surface area contributed by atoms with Crippen LogP contribution in [0.4, 0.5) is 0 Å². The van der Waals surface area contributed by atoms with Crippen molar-refractivity contribution in [1.82, 2.24) is 9.78 Å². The molecule has 3 nitrogen and oxygen atoms in total. The maximum atomic E-state index is 6.26. The first-order chi connectivity index (χ1) is 8.13. The van der Waals surface area contributed by atoms with E-state index in [1.807, 2.05) is 17.0 Å². The van der Waals surface area contributed by atoms with Crippen molar-refractivity contribution < 1.29 is 0 Å². The van der Waals surface area contributed by atoms with Gasteiger partial charge in [-0.05, 0) is 36.2 Å². The third-order valence-corrected chi connectivity index (χ3v) is 4.03. The molecule has 0 fully saturated rings. The minimum atomic E-state index is -0.0138. The predicted molar refractivity (Wildman–Crippen MR) is 72.6 cm³/mol. The monoisotopic (exact) mass is 269 g/mol. The fourth-order valence-corrected chi connectivity index (χ4v) is 2.81. The molecule has 0 aromatic carbocycles. The highest BCUT2D eigenvalue weighted by atomic mass is 35.5. The second-order valence-corrected chi connectivity index (χ2v) is 5.19. The summed E-state index contributed by atoms with van der Waals surface area (Å²) in [7, 11) is 0. The Balaban J connectivity index is 2.24. The van der Waals surface area contributed by atoms with Crippen LogP contribution in [-0.2, 0) is 13.0 Å². The molecule has 0 spiro atoms. The summed E-state index contributed by atoms with van der Waals surface area (Å²) in [5, 5.41) is 9.26. The van der Waals surface area contributed by atoms with Gasteiger partial charge in [-0.1, -0.05) is 11.6 Å². The minimum Gasteiger partial charge on any atom is -0.324 e. The summed E-state index contributed by atoms with van der Waals surface area (Å²) in [6, 6.07) is 2.04. The third kappa shape index (κ3) is 2.54. The first-order valence-electron chi connectivity index (χ1n) is 5.63. The average molecular weight is 270 g/mol. The molecule has 0 amide bonds. The van der Waals surface area contributed by atoms with Crippen LogP contribution in [0.1, 0.15) is 29.9 Å². The van der Waals surface area contributed by atoms with Crippen LogP contribution in [0.3, 0.4) is 0 Å². The van der Waals surface area contributed by atoms with Gasteiger partial charge in [0.1, 0.15) is 0 Å². The van der Waals surface area contributed by atoms with E-state index in [2.05, 4.69) is 23.5 Å². The smallest absolute Gasteiger partial charge is 0.0847 e. The van der Waals surface area contributed by atoms with Gasteiger partial charge in [0, 0.05) is 19.0 Å². The van der Waals surface area contributed by atoms with Crippen molar-refractivity contribution in [2.45, 2.75) is 32.9 Å². The third-order valence-electron chi connectivity index (χ3n) is 2.84. The Morgan fingerprint density at radius 2 is 2.35 bits per heavy atom. The van der Waals surface area contributed by atoms with Crippen LogP contribution in [0.2, 0.25) is 5.02 Å². The fraction of sp³-hybridized carbons (Fsp3) is 0.417. The van der Waals surface area contributed by atoms with Crippen LogP contribution in [0.5, 0.6) is 0 Å². The molecule has 2 aromatic rings. The summed E-state index contributed by atoms with van der Waals surface area (Å²) < 4.78 is 1.93. The molecule has 0 aliphatic carbocycles. The number of aryl methyl sites for hydroxylation is 2. The van der Waals surface area contributed by atoms with Crippen LogP contribution in [0, 0.1) is 6.92 Å². The molecule has 92 valence electrons. The van der Waals surface area contributed by atoms with Gasteiger partial charge in [0.2, 0.25) is 0 Å². The van der Waals surface area contributed by atoms with Crippen molar-refractivity contribution in [2.24, 2.45) is 5.73 Å².